The Morgan fingerprint density at radius 3 is 1.84 bits per heavy atom. The Morgan fingerprint density at radius 1 is 0.895 bits per heavy atom. The first-order valence-corrected chi connectivity index (χ1v) is 9.49. The van der Waals surface area contributed by atoms with Crippen molar-refractivity contribution < 1.29 is 4.79 Å². The van der Waals surface area contributed by atoms with Crippen LogP contribution in [0.3, 0.4) is 0 Å². The number of hydrogen-bond acceptors (Lipinski definition) is 3. The van der Waals surface area contributed by atoms with E-state index in [2.05, 4.69) is 34.6 Å². The summed E-state index contributed by atoms with van der Waals surface area (Å²) in [5.74, 6) is 1.56. The number of carbonyl (C=O) groups excluding carboxylic acids is 1. The van der Waals surface area contributed by atoms with Gasteiger partial charge in [-0.3, -0.25) is 4.79 Å². The summed E-state index contributed by atoms with van der Waals surface area (Å²) in [6, 6.07) is 0. The number of carbonyl (C=O) groups is 1. The third-order valence-corrected chi connectivity index (χ3v) is 6.36. The van der Waals surface area contributed by atoms with E-state index in [1.165, 1.54) is 12.2 Å². The van der Waals surface area contributed by atoms with Crippen molar-refractivity contribution in [1.82, 2.24) is 0 Å². The van der Waals surface area contributed by atoms with Gasteiger partial charge in [-0.25, -0.2) is 0 Å². The van der Waals surface area contributed by atoms with Crippen LogP contribution >= 0.6 is 21.6 Å². The van der Waals surface area contributed by atoms with Crippen LogP contribution in [-0.2, 0) is 4.79 Å². The van der Waals surface area contributed by atoms with Crippen LogP contribution in [0.15, 0.2) is 0 Å². The molecule has 0 aromatic carbocycles. The molecule has 0 heterocycles. The molecule has 0 atom stereocenters. The quantitative estimate of drug-likeness (QED) is 0.425. The highest BCUT2D eigenvalue weighted by molar-refractivity contribution is 8.77. The second-order valence-electron chi connectivity index (χ2n) is 8.15. The van der Waals surface area contributed by atoms with Gasteiger partial charge in [0.05, 0.1) is 0 Å². The monoisotopic (exact) mass is 304 g/mol. The summed E-state index contributed by atoms with van der Waals surface area (Å²) in [4.78, 5) is 12.0. The molecule has 19 heavy (non-hydrogen) atoms. The maximum Gasteiger partial charge on any atom is 0.138 e. The molecule has 0 rings (SSSR count). The summed E-state index contributed by atoms with van der Waals surface area (Å²) in [6.07, 6.45) is 2.90. The summed E-state index contributed by atoms with van der Waals surface area (Å²) in [6.45, 7) is 17.4. The van der Waals surface area contributed by atoms with E-state index in [9.17, 15) is 4.79 Å². The Bertz CT molecular complexity index is 282. The van der Waals surface area contributed by atoms with E-state index in [-0.39, 0.29) is 10.2 Å². The zero-order valence-corrected chi connectivity index (χ0v) is 15.7. The predicted octanol–water partition coefficient (Wildman–Crippen LogP) is 5.98. The molecule has 0 amide bonds. The standard InChI is InChI=1S/C16H32OS2/c1-14(2,3)11-12-18-19-16(7,8)10-9-13(17)15(4,5)6/h9-12H2,1-8H3. The smallest absolute Gasteiger partial charge is 0.138 e. The van der Waals surface area contributed by atoms with Crippen LogP contribution in [0.5, 0.6) is 0 Å². The molecule has 0 aromatic heterocycles. The zero-order chi connectivity index (χ0) is 15.3. The topological polar surface area (TPSA) is 17.1 Å². The van der Waals surface area contributed by atoms with Crippen molar-refractivity contribution in [2.75, 3.05) is 5.75 Å². The predicted molar refractivity (Wildman–Crippen MR) is 91.9 cm³/mol. The van der Waals surface area contributed by atoms with Gasteiger partial charge in [0.1, 0.15) is 5.78 Å². The molecule has 0 spiro atoms. The van der Waals surface area contributed by atoms with Gasteiger partial charge in [-0.1, -0.05) is 63.1 Å². The van der Waals surface area contributed by atoms with Crippen LogP contribution in [0.1, 0.15) is 74.7 Å². The van der Waals surface area contributed by atoms with Crippen molar-refractivity contribution in [3.05, 3.63) is 0 Å². The van der Waals surface area contributed by atoms with Gasteiger partial charge in [-0.15, -0.1) is 0 Å². The van der Waals surface area contributed by atoms with Crippen LogP contribution in [0.25, 0.3) is 0 Å². The Morgan fingerprint density at radius 2 is 1.42 bits per heavy atom. The van der Waals surface area contributed by atoms with Crippen molar-refractivity contribution in [3.63, 3.8) is 0 Å². The van der Waals surface area contributed by atoms with E-state index in [1.54, 1.807) is 0 Å². The van der Waals surface area contributed by atoms with Gasteiger partial charge >= 0.3 is 0 Å². The number of rotatable bonds is 7. The van der Waals surface area contributed by atoms with Gasteiger partial charge in [-0.2, -0.15) is 0 Å². The van der Waals surface area contributed by atoms with Gasteiger partial charge in [0.15, 0.2) is 0 Å². The minimum absolute atomic E-state index is 0.184. The first kappa shape index (κ1) is 19.4. The molecule has 1 nitrogen and oxygen atoms in total. The number of Topliss-reactive ketones (excluding diaryl/α,β-unsaturated/α-hetero) is 1. The fourth-order valence-corrected chi connectivity index (χ4v) is 4.37. The molecular weight excluding hydrogens is 272 g/mol. The van der Waals surface area contributed by atoms with Crippen molar-refractivity contribution >= 4 is 27.4 Å². The fourth-order valence-electron chi connectivity index (χ4n) is 1.38. The summed E-state index contributed by atoms with van der Waals surface area (Å²) >= 11 is 0. The highest BCUT2D eigenvalue weighted by Crippen LogP contribution is 2.40. The molecule has 0 N–H and O–H groups in total. The fraction of sp³-hybridized carbons (Fsp3) is 0.938. The summed E-state index contributed by atoms with van der Waals surface area (Å²) < 4.78 is 0.184. The van der Waals surface area contributed by atoms with Gasteiger partial charge in [0.2, 0.25) is 0 Å². The van der Waals surface area contributed by atoms with Crippen molar-refractivity contribution in [3.8, 4) is 0 Å². The van der Waals surface area contributed by atoms with Crippen molar-refractivity contribution in [2.24, 2.45) is 10.8 Å². The van der Waals surface area contributed by atoms with Gasteiger partial charge in [0.25, 0.3) is 0 Å². The van der Waals surface area contributed by atoms with Crippen LogP contribution < -0.4 is 0 Å². The largest absolute Gasteiger partial charge is 0.299 e. The molecule has 0 aliphatic heterocycles. The molecule has 0 unspecified atom stereocenters. The lowest BCUT2D eigenvalue weighted by Gasteiger charge is -2.26. The summed E-state index contributed by atoms with van der Waals surface area (Å²) in [5.41, 5.74) is 0.222. The summed E-state index contributed by atoms with van der Waals surface area (Å²) in [7, 11) is 3.89. The van der Waals surface area contributed by atoms with E-state index in [0.29, 0.717) is 17.6 Å². The second-order valence-corrected chi connectivity index (χ2v) is 11.3. The van der Waals surface area contributed by atoms with Crippen molar-refractivity contribution in [1.29, 1.82) is 0 Å². The van der Waals surface area contributed by atoms with Crippen LogP contribution in [0.2, 0.25) is 0 Å². The van der Waals surface area contributed by atoms with Gasteiger partial charge in [-0.05, 0) is 32.1 Å². The van der Waals surface area contributed by atoms with E-state index >= 15 is 0 Å². The van der Waals surface area contributed by atoms with E-state index in [0.717, 1.165) is 6.42 Å². The maximum absolute atomic E-state index is 12.0. The molecular formula is C16H32OS2. The highest BCUT2D eigenvalue weighted by Gasteiger charge is 2.25. The third-order valence-electron chi connectivity index (χ3n) is 3.01. The molecule has 0 aliphatic rings. The van der Waals surface area contributed by atoms with E-state index in [4.69, 9.17) is 0 Å². The van der Waals surface area contributed by atoms with Crippen LogP contribution in [0.4, 0.5) is 0 Å². The van der Waals surface area contributed by atoms with E-state index < -0.39 is 0 Å². The highest BCUT2D eigenvalue weighted by atomic mass is 33.1. The Hall–Kier alpha value is 0.370. The Balaban J connectivity index is 3.96. The molecule has 0 fully saturated rings. The Labute approximate surface area is 128 Å². The zero-order valence-electron chi connectivity index (χ0n) is 14.1. The average Bonchev–Trinajstić information content (AvgIpc) is 2.18. The molecule has 0 saturated carbocycles. The van der Waals surface area contributed by atoms with Gasteiger partial charge in [0, 0.05) is 22.3 Å². The molecule has 0 radical (unpaired) electrons. The SMILES string of the molecule is CC(C)(C)CCSSC(C)(C)CCC(=O)C(C)(C)C. The lowest BCUT2D eigenvalue weighted by atomic mass is 9.87. The lowest BCUT2D eigenvalue weighted by Crippen LogP contribution is -2.23. The minimum Gasteiger partial charge on any atom is -0.299 e. The first-order chi connectivity index (χ1) is 8.33. The van der Waals surface area contributed by atoms with Crippen LogP contribution in [0, 0.1) is 10.8 Å². The van der Waals surface area contributed by atoms with Crippen LogP contribution in [-0.4, -0.2) is 16.3 Å². The average molecular weight is 305 g/mol. The maximum atomic E-state index is 12.0. The van der Waals surface area contributed by atoms with E-state index in [1.807, 2.05) is 42.4 Å². The number of hydrogen-bond donors (Lipinski definition) is 0. The number of ketones is 1. The molecule has 0 saturated heterocycles. The molecule has 0 aliphatic carbocycles. The summed E-state index contributed by atoms with van der Waals surface area (Å²) in [5, 5.41) is 0. The molecule has 3 heteroatoms. The third kappa shape index (κ3) is 10.8. The van der Waals surface area contributed by atoms with Gasteiger partial charge < -0.3 is 0 Å². The molecule has 0 bridgehead atoms. The molecule has 114 valence electrons. The normalized spacial score (nSPS) is 13.7. The van der Waals surface area contributed by atoms with Crippen molar-refractivity contribution in [2.45, 2.75) is 79.4 Å². The lowest BCUT2D eigenvalue weighted by molar-refractivity contribution is -0.126. The molecule has 0 aromatic rings. The second kappa shape index (κ2) is 7.40. The minimum atomic E-state index is -0.194. The first-order valence-electron chi connectivity index (χ1n) is 7.17. The Kier molecular flexibility index (Phi) is 7.54.